The second kappa shape index (κ2) is 9.41. The Morgan fingerprint density at radius 2 is 1.59 bits per heavy atom. The number of hydrogen-bond acceptors (Lipinski definition) is 3. The first-order chi connectivity index (χ1) is 12.8. The molecule has 3 amide bonds. The molecule has 27 heavy (non-hydrogen) atoms. The van der Waals surface area contributed by atoms with Crippen LogP contribution in [0.3, 0.4) is 0 Å². The highest BCUT2D eigenvalue weighted by atomic mass is 79.9. The molecular weight excluding hydrogens is 408 g/mol. The summed E-state index contributed by atoms with van der Waals surface area (Å²) in [6.45, 7) is 5.15. The first-order valence-corrected chi connectivity index (χ1v) is 9.59. The lowest BCUT2D eigenvalue weighted by molar-refractivity contribution is 0.0773. The largest absolute Gasteiger partial charge is 0.377 e. The quantitative estimate of drug-likeness (QED) is 0.698. The summed E-state index contributed by atoms with van der Waals surface area (Å²) in [4.78, 5) is 28.8. The van der Waals surface area contributed by atoms with Crippen molar-refractivity contribution < 1.29 is 9.59 Å². The zero-order valence-corrected chi connectivity index (χ0v) is 17.6. The molecule has 0 saturated heterocycles. The van der Waals surface area contributed by atoms with Crippen LogP contribution in [0.2, 0.25) is 0 Å². The van der Waals surface area contributed by atoms with Gasteiger partial charge in [-0.2, -0.15) is 0 Å². The molecule has 0 spiro atoms. The highest BCUT2D eigenvalue weighted by Crippen LogP contribution is 2.25. The van der Waals surface area contributed by atoms with Gasteiger partial charge in [-0.25, -0.2) is 4.79 Å². The van der Waals surface area contributed by atoms with E-state index in [1.807, 2.05) is 57.1 Å². The molecule has 7 heteroatoms. The van der Waals surface area contributed by atoms with E-state index in [1.54, 1.807) is 23.1 Å². The Bertz CT molecular complexity index is 819. The summed E-state index contributed by atoms with van der Waals surface area (Å²) in [6.07, 6.45) is 0. The molecule has 2 aromatic rings. The summed E-state index contributed by atoms with van der Waals surface area (Å²) >= 11 is 3.37. The lowest BCUT2D eigenvalue weighted by atomic mass is 10.1. The number of carbonyl (C=O) groups is 2. The first-order valence-electron chi connectivity index (χ1n) is 8.79. The molecule has 0 saturated carbocycles. The predicted molar refractivity (Wildman–Crippen MR) is 115 cm³/mol. The fourth-order valence-electron chi connectivity index (χ4n) is 2.72. The molecule has 2 N–H and O–H groups in total. The number of rotatable bonds is 6. The summed E-state index contributed by atoms with van der Waals surface area (Å²) in [5.74, 6) is -0.0558. The van der Waals surface area contributed by atoms with E-state index in [0.717, 1.165) is 10.2 Å². The van der Waals surface area contributed by atoms with Crippen LogP contribution in [0, 0.1) is 0 Å². The molecule has 0 heterocycles. The smallest absolute Gasteiger partial charge is 0.323 e. The number of anilines is 3. The van der Waals surface area contributed by atoms with E-state index >= 15 is 0 Å². The number of nitrogens with zero attached hydrogens (tertiary/aromatic N) is 2. The van der Waals surface area contributed by atoms with Crippen molar-refractivity contribution in [3.63, 3.8) is 0 Å². The number of carbonyl (C=O) groups excluding carboxylic acids is 2. The van der Waals surface area contributed by atoms with Gasteiger partial charge < -0.3 is 20.4 Å². The van der Waals surface area contributed by atoms with Crippen molar-refractivity contribution in [1.29, 1.82) is 0 Å². The number of hydrogen-bond donors (Lipinski definition) is 2. The van der Waals surface area contributed by atoms with Gasteiger partial charge in [0, 0.05) is 48.7 Å². The molecule has 2 aromatic carbocycles. The Balaban J connectivity index is 2.23. The van der Waals surface area contributed by atoms with Crippen molar-refractivity contribution >= 4 is 44.9 Å². The molecule has 6 nitrogen and oxygen atoms in total. The van der Waals surface area contributed by atoms with Gasteiger partial charge in [0.2, 0.25) is 0 Å². The molecule has 0 radical (unpaired) electrons. The Hall–Kier alpha value is -2.54. The fraction of sp³-hybridized carbons (Fsp3) is 0.300. The number of nitrogens with one attached hydrogen (secondary N) is 2. The lowest BCUT2D eigenvalue weighted by Crippen LogP contribution is -2.32. The lowest BCUT2D eigenvalue weighted by Gasteiger charge is -2.23. The van der Waals surface area contributed by atoms with Gasteiger partial charge >= 0.3 is 6.03 Å². The topological polar surface area (TPSA) is 64.7 Å². The van der Waals surface area contributed by atoms with E-state index in [-0.39, 0.29) is 11.9 Å². The minimum Gasteiger partial charge on any atom is -0.377 e. The predicted octanol–water partition coefficient (Wildman–Crippen LogP) is 4.64. The van der Waals surface area contributed by atoms with Crippen LogP contribution in [0.15, 0.2) is 46.9 Å². The van der Waals surface area contributed by atoms with Crippen LogP contribution in [0.1, 0.15) is 24.2 Å². The Morgan fingerprint density at radius 3 is 2.15 bits per heavy atom. The van der Waals surface area contributed by atoms with Gasteiger partial charge in [0.05, 0.1) is 5.56 Å². The van der Waals surface area contributed by atoms with Crippen LogP contribution in [0.4, 0.5) is 21.9 Å². The van der Waals surface area contributed by atoms with E-state index in [1.165, 1.54) is 0 Å². The zero-order chi connectivity index (χ0) is 20.0. The van der Waals surface area contributed by atoms with Crippen LogP contribution < -0.4 is 15.5 Å². The third-order valence-corrected chi connectivity index (χ3v) is 4.59. The second-order valence-corrected chi connectivity index (χ2v) is 7.11. The van der Waals surface area contributed by atoms with E-state index < -0.39 is 0 Å². The number of amides is 3. The fourth-order valence-corrected chi connectivity index (χ4v) is 3.12. The number of halogens is 1. The molecular formula is C20H25BrN4O2. The van der Waals surface area contributed by atoms with Gasteiger partial charge in [-0.05, 0) is 50.2 Å². The summed E-state index contributed by atoms with van der Waals surface area (Å²) in [7, 11) is 3.78. The minimum absolute atomic E-state index is 0.0558. The standard InChI is InChI=1S/C20H25BrN4O2/c1-5-25(6-2)19(26)17-13-16(10-11-18(17)24(3)4)23-20(27)22-15-9-7-8-14(21)12-15/h7-13H,5-6H2,1-4H3,(H2,22,23,27). The van der Waals surface area contributed by atoms with Gasteiger partial charge in [0.1, 0.15) is 0 Å². The SMILES string of the molecule is CCN(CC)C(=O)c1cc(NC(=O)Nc2cccc(Br)c2)ccc1N(C)C. The van der Waals surface area contributed by atoms with Crippen LogP contribution in [-0.2, 0) is 0 Å². The van der Waals surface area contributed by atoms with Crippen molar-refractivity contribution in [3.05, 3.63) is 52.5 Å². The van der Waals surface area contributed by atoms with Gasteiger partial charge in [0.25, 0.3) is 5.91 Å². The maximum absolute atomic E-state index is 12.9. The first kappa shape index (κ1) is 20.8. The highest BCUT2D eigenvalue weighted by Gasteiger charge is 2.19. The van der Waals surface area contributed by atoms with Crippen molar-refractivity contribution in [2.24, 2.45) is 0 Å². The third-order valence-electron chi connectivity index (χ3n) is 4.10. The van der Waals surface area contributed by atoms with Crippen LogP contribution >= 0.6 is 15.9 Å². The molecule has 0 bridgehead atoms. The maximum Gasteiger partial charge on any atom is 0.323 e. The average Bonchev–Trinajstić information content (AvgIpc) is 2.62. The highest BCUT2D eigenvalue weighted by molar-refractivity contribution is 9.10. The summed E-state index contributed by atoms with van der Waals surface area (Å²) in [6, 6.07) is 12.3. The number of urea groups is 1. The van der Waals surface area contributed by atoms with Crippen LogP contribution in [0.25, 0.3) is 0 Å². The zero-order valence-electron chi connectivity index (χ0n) is 16.0. The summed E-state index contributed by atoms with van der Waals surface area (Å²) in [5.41, 5.74) is 2.60. The second-order valence-electron chi connectivity index (χ2n) is 6.19. The van der Waals surface area contributed by atoms with Crippen molar-refractivity contribution in [3.8, 4) is 0 Å². The van der Waals surface area contributed by atoms with E-state index in [9.17, 15) is 9.59 Å². The summed E-state index contributed by atoms with van der Waals surface area (Å²) in [5, 5.41) is 5.57. The monoisotopic (exact) mass is 432 g/mol. The normalized spacial score (nSPS) is 10.3. The molecule has 0 aliphatic carbocycles. The van der Waals surface area contributed by atoms with Gasteiger partial charge in [-0.1, -0.05) is 22.0 Å². The molecule has 0 unspecified atom stereocenters. The molecule has 0 aromatic heterocycles. The van der Waals surface area contributed by atoms with Crippen molar-refractivity contribution in [1.82, 2.24) is 4.90 Å². The molecule has 0 fully saturated rings. The van der Waals surface area contributed by atoms with E-state index in [4.69, 9.17) is 0 Å². The van der Waals surface area contributed by atoms with Crippen LogP contribution in [-0.4, -0.2) is 44.0 Å². The number of benzene rings is 2. The average molecular weight is 433 g/mol. The van der Waals surface area contributed by atoms with Crippen LogP contribution in [0.5, 0.6) is 0 Å². The van der Waals surface area contributed by atoms with Crippen molar-refractivity contribution in [2.45, 2.75) is 13.8 Å². The molecule has 0 aliphatic rings. The Morgan fingerprint density at radius 1 is 0.963 bits per heavy atom. The maximum atomic E-state index is 12.9. The molecule has 0 aliphatic heterocycles. The Labute approximate surface area is 168 Å². The van der Waals surface area contributed by atoms with Crippen molar-refractivity contribution in [2.75, 3.05) is 42.7 Å². The molecule has 144 valence electrons. The minimum atomic E-state index is -0.369. The summed E-state index contributed by atoms with van der Waals surface area (Å²) < 4.78 is 0.878. The van der Waals surface area contributed by atoms with E-state index in [0.29, 0.717) is 30.0 Å². The Kier molecular flexibility index (Phi) is 7.24. The van der Waals surface area contributed by atoms with Gasteiger partial charge in [-0.15, -0.1) is 0 Å². The molecule has 0 atom stereocenters. The van der Waals surface area contributed by atoms with Gasteiger partial charge in [-0.3, -0.25) is 4.79 Å². The third kappa shape index (κ3) is 5.47. The van der Waals surface area contributed by atoms with E-state index in [2.05, 4.69) is 26.6 Å². The van der Waals surface area contributed by atoms with Gasteiger partial charge in [0.15, 0.2) is 0 Å². The molecule has 2 rings (SSSR count).